The number of methoxy groups -OCH3 is 1. The molecule has 5 nitrogen and oxygen atoms in total. The molecule has 2 rings (SSSR count). The summed E-state index contributed by atoms with van der Waals surface area (Å²) in [7, 11) is 1.60. The molecular weight excluding hydrogens is 347 g/mol. The molecule has 0 aromatic heterocycles. The molecule has 144 valence electrons. The van der Waals surface area contributed by atoms with Crippen LogP contribution in [0.25, 0.3) is 0 Å². The maximum absolute atomic E-state index is 13.1. The smallest absolute Gasteiger partial charge is 0.242 e. The van der Waals surface area contributed by atoms with Crippen LogP contribution in [0, 0.1) is 5.82 Å². The third-order valence-corrected chi connectivity index (χ3v) is 4.36. The fourth-order valence-electron chi connectivity index (χ4n) is 2.65. The van der Waals surface area contributed by atoms with Gasteiger partial charge in [0.2, 0.25) is 11.8 Å². The Kier molecular flexibility index (Phi) is 7.34. The van der Waals surface area contributed by atoms with Crippen molar-refractivity contribution in [3.05, 3.63) is 65.5 Å². The maximum Gasteiger partial charge on any atom is 0.242 e. The molecule has 27 heavy (non-hydrogen) atoms. The predicted octanol–water partition coefficient (Wildman–Crippen LogP) is 3.28. The Morgan fingerprint density at radius 3 is 2.22 bits per heavy atom. The number of benzene rings is 2. The van der Waals surface area contributed by atoms with Crippen molar-refractivity contribution >= 4 is 11.8 Å². The normalized spacial score (nSPS) is 11.6. The highest BCUT2D eigenvalue weighted by Gasteiger charge is 2.24. The van der Waals surface area contributed by atoms with Crippen LogP contribution in [0.3, 0.4) is 0 Å². The summed E-state index contributed by atoms with van der Waals surface area (Å²) >= 11 is 0. The number of ether oxygens (including phenoxy) is 1. The fourth-order valence-corrected chi connectivity index (χ4v) is 2.65. The number of hydrogen-bond acceptors (Lipinski definition) is 3. The summed E-state index contributed by atoms with van der Waals surface area (Å²) in [6.07, 6.45) is 0.289. The van der Waals surface area contributed by atoms with E-state index in [2.05, 4.69) is 5.32 Å². The van der Waals surface area contributed by atoms with Crippen LogP contribution in [0.2, 0.25) is 0 Å². The van der Waals surface area contributed by atoms with Gasteiger partial charge in [0, 0.05) is 19.5 Å². The Bertz CT molecular complexity index is 760. The summed E-state index contributed by atoms with van der Waals surface area (Å²) in [5.41, 5.74) is 1.70. The van der Waals surface area contributed by atoms with Crippen molar-refractivity contribution in [2.45, 2.75) is 39.4 Å². The first-order valence-electron chi connectivity index (χ1n) is 8.89. The van der Waals surface area contributed by atoms with Gasteiger partial charge in [-0.05, 0) is 42.3 Å². The summed E-state index contributed by atoms with van der Waals surface area (Å²) in [6, 6.07) is 12.7. The molecule has 2 aromatic carbocycles. The largest absolute Gasteiger partial charge is 0.497 e. The molecule has 0 saturated heterocycles. The van der Waals surface area contributed by atoms with Gasteiger partial charge in [0.1, 0.15) is 17.6 Å². The number of nitrogens with zero attached hydrogens (tertiary/aromatic N) is 1. The second kappa shape index (κ2) is 9.71. The lowest BCUT2D eigenvalue weighted by Gasteiger charge is -2.28. The number of halogens is 1. The standard InChI is InChI=1S/C21H25FN2O3/c1-4-20(25)24(14-17-5-9-18(22)10-6-17)15(2)21(26)23-13-16-7-11-19(27-3)12-8-16/h5-12,15H,4,13-14H2,1-3H3,(H,23,26). The third-order valence-electron chi connectivity index (χ3n) is 4.36. The fraction of sp³-hybridized carbons (Fsp3) is 0.333. The SMILES string of the molecule is CCC(=O)N(Cc1ccc(F)cc1)C(C)C(=O)NCc1ccc(OC)cc1. The Labute approximate surface area is 159 Å². The molecule has 0 aliphatic heterocycles. The molecule has 1 unspecified atom stereocenters. The van der Waals surface area contributed by atoms with Gasteiger partial charge in [0.15, 0.2) is 0 Å². The second-order valence-corrected chi connectivity index (χ2v) is 6.24. The molecule has 0 spiro atoms. The molecule has 0 bridgehead atoms. The van der Waals surface area contributed by atoms with Crippen molar-refractivity contribution in [2.75, 3.05) is 7.11 Å². The van der Waals surface area contributed by atoms with Crippen molar-refractivity contribution in [3.63, 3.8) is 0 Å². The minimum absolute atomic E-state index is 0.133. The quantitative estimate of drug-likeness (QED) is 0.774. The molecule has 0 fully saturated rings. The van der Waals surface area contributed by atoms with Crippen LogP contribution in [0.15, 0.2) is 48.5 Å². The van der Waals surface area contributed by atoms with Gasteiger partial charge in [-0.2, -0.15) is 0 Å². The molecule has 1 atom stereocenters. The molecule has 6 heteroatoms. The zero-order valence-corrected chi connectivity index (χ0v) is 15.9. The highest BCUT2D eigenvalue weighted by molar-refractivity contribution is 5.87. The summed E-state index contributed by atoms with van der Waals surface area (Å²) in [6.45, 7) is 4.06. The lowest BCUT2D eigenvalue weighted by molar-refractivity contribution is -0.140. The average Bonchev–Trinajstić information content (AvgIpc) is 2.70. The topological polar surface area (TPSA) is 58.6 Å². The van der Waals surface area contributed by atoms with E-state index in [4.69, 9.17) is 4.74 Å². The van der Waals surface area contributed by atoms with E-state index in [1.54, 1.807) is 33.1 Å². The number of nitrogens with one attached hydrogen (secondary N) is 1. The van der Waals surface area contributed by atoms with Crippen LogP contribution in [0.1, 0.15) is 31.4 Å². The maximum atomic E-state index is 13.1. The molecule has 0 aliphatic rings. The van der Waals surface area contributed by atoms with E-state index in [-0.39, 0.29) is 30.6 Å². The van der Waals surface area contributed by atoms with Crippen LogP contribution in [-0.2, 0) is 22.7 Å². The minimum atomic E-state index is -0.638. The number of carbonyl (C=O) groups excluding carboxylic acids is 2. The van der Waals surface area contributed by atoms with Crippen LogP contribution in [0.4, 0.5) is 4.39 Å². The molecule has 0 saturated carbocycles. The molecule has 1 N–H and O–H groups in total. The lowest BCUT2D eigenvalue weighted by Crippen LogP contribution is -2.47. The van der Waals surface area contributed by atoms with Gasteiger partial charge < -0.3 is 15.0 Å². The van der Waals surface area contributed by atoms with Crippen LogP contribution in [-0.4, -0.2) is 29.9 Å². The van der Waals surface area contributed by atoms with Crippen molar-refractivity contribution in [1.82, 2.24) is 10.2 Å². The van der Waals surface area contributed by atoms with E-state index in [1.165, 1.54) is 17.0 Å². The average molecular weight is 372 g/mol. The second-order valence-electron chi connectivity index (χ2n) is 6.24. The van der Waals surface area contributed by atoms with Crippen LogP contribution >= 0.6 is 0 Å². The van der Waals surface area contributed by atoms with Gasteiger partial charge in [-0.25, -0.2) is 4.39 Å². The summed E-state index contributed by atoms with van der Waals surface area (Å²) in [4.78, 5) is 26.4. The molecule has 2 aromatic rings. The van der Waals surface area contributed by atoms with E-state index in [9.17, 15) is 14.0 Å². The highest BCUT2D eigenvalue weighted by atomic mass is 19.1. The zero-order chi connectivity index (χ0) is 19.8. The Morgan fingerprint density at radius 1 is 1.07 bits per heavy atom. The van der Waals surface area contributed by atoms with E-state index >= 15 is 0 Å². The first kappa shape index (κ1) is 20.4. The molecular formula is C21H25FN2O3. The van der Waals surface area contributed by atoms with Gasteiger partial charge >= 0.3 is 0 Å². The summed E-state index contributed by atoms with van der Waals surface area (Å²) < 4.78 is 18.2. The molecule has 0 aliphatic carbocycles. The third kappa shape index (κ3) is 5.81. The highest BCUT2D eigenvalue weighted by Crippen LogP contribution is 2.13. The van der Waals surface area contributed by atoms with E-state index < -0.39 is 6.04 Å². The first-order valence-corrected chi connectivity index (χ1v) is 8.89. The van der Waals surface area contributed by atoms with Crippen molar-refractivity contribution in [2.24, 2.45) is 0 Å². The van der Waals surface area contributed by atoms with Gasteiger partial charge in [-0.3, -0.25) is 9.59 Å². The minimum Gasteiger partial charge on any atom is -0.497 e. The van der Waals surface area contributed by atoms with Crippen LogP contribution in [0.5, 0.6) is 5.75 Å². The van der Waals surface area contributed by atoms with Gasteiger partial charge in [-0.1, -0.05) is 31.2 Å². The zero-order valence-electron chi connectivity index (χ0n) is 15.9. The summed E-state index contributed by atoms with van der Waals surface area (Å²) in [5, 5.41) is 2.86. The van der Waals surface area contributed by atoms with Gasteiger partial charge in [0.05, 0.1) is 7.11 Å². The number of carbonyl (C=O) groups is 2. The van der Waals surface area contributed by atoms with E-state index in [0.29, 0.717) is 6.54 Å². The molecule has 0 radical (unpaired) electrons. The first-order chi connectivity index (χ1) is 12.9. The van der Waals surface area contributed by atoms with Gasteiger partial charge in [-0.15, -0.1) is 0 Å². The number of rotatable bonds is 8. The number of hydrogen-bond donors (Lipinski definition) is 1. The lowest BCUT2D eigenvalue weighted by atomic mass is 10.1. The van der Waals surface area contributed by atoms with Crippen molar-refractivity contribution < 1.29 is 18.7 Å². The predicted molar refractivity (Wildman–Crippen MR) is 102 cm³/mol. The summed E-state index contributed by atoms with van der Waals surface area (Å²) in [5.74, 6) is 0.0380. The Hall–Kier alpha value is -2.89. The van der Waals surface area contributed by atoms with Crippen LogP contribution < -0.4 is 10.1 Å². The number of amides is 2. The molecule has 0 heterocycles. The molecule has 2 amide bonds. The Morgan fingerprint density at radius 2 is 1.67 bits per heavy atom. The van der Waals surface area contributed by atoms with Crippen molar-refractivity contribution in [1.29, 1.82) is 0 Å². The van der Waals surface area contributed by atoms with E-state index in [0.717, 1.165) is 16.9 Å². The monoisotopic (exact) mass is 372 g/mol. The Balaban J connectivity index is 2.01. The van der Waals surface area contributed by atoms with Crippen molar-refractivity contribution in [3.8, 4) is 5.75 Å². The van der Waals surface area contributed by atoms with Gasteiger partial charge in [0.25, 0.3) is 0 Å². The van der Waals surface area contributed by atoms with E-state index in [1.807, 2.05) is 24.3 Å².